The van der Waals surface area contributed by atoms with E-state index in [2.05, 4.69) is 35.6 Å². The second kappa shape index (κ2) is 8.47. The summed E-state index contributed by atoms with van der Waals surface area (Å²) in [5, 5.41) is 12.8. The van der Waals surface area contributed by atoms with Crippen molar-refractivity contribution in [2.45, 2.75) is 19.7 Å². The summed E-state index contributed by atoms with van der Waals surface area (Å²) < 4.78 is 5.58. The Hall–Kier alpha value is -2.62. The Morgan fingerprint density at radius 1 is 0.760 bits per heavy atom. The molecule has 3 heteroatoms. The minimum Gasteiger partial charge on any atom is -0.496 e. The van der Waals surface area contributed by atoms with Gasteiger partial charge in [-0.25, -0.2) is 0 Å². The summed E-state index contributed by atoms with van der Waals surface area (Å²) in [5.41, 5.74) is 5.51. The molecule has 0 atom stereocenters. The number of benzene rings is 3. The van der Waals surface area contributed by atoms with Crippen molar-refractivity contribution in [2.75, 3.05) is 7.11 Å². The smallest absolute Gasteiger partial charge is 0.123 e. The van der Waals surface area contributed by atoms with E-state index in [1.54, 1.807) is 7.11 Å². The van der Waals surface area contributed by atoms with E-state index in [9.17, 15) is 5.11 Å². The van der Waals surface area contributed by atoms with Crippen LogP contribution in [0.1, 0.15) is 16.7 Å². The van der Waals surface area contributed by atoms with Gasteiger partial charge >= 0.3 is 0 Å². The maximum Gasteiger partial charge on any atom is 0.123 e. The molecule has 0 unspecified atom stereocenters. The zero-order valence-corrected chi connectivity index (χ0v) is 14.4. The predicted octanol–water partition coefficient (Wildman–Crippen LogP) is 4.14. The normalized spacial score (nSPS) is 10.6. The van der Waals surface area contributed by atoms with Gasteiger partial charge in [0.1, 0.15) is 5.75 Å². The lowest BCUT2D eigenvalue weighted by Gasteiger charge is -2.13. The fraction of sp³-hybridized carbons (Fsp3) is 0.182. The number of ether oxygens (including phenoxy) is 1. The Morgan fingerprint density at radius 3 is 2.16 bits per heavy atom. The van der Waals surface area contributed by atoms with Crippen molar-refractivity contribution in [2.24, 2.45) is 0 Å². The molecule has 0 aliphatic rings. The van der Waals surface area contributed by atoms with Crippen molar-refractivity contribution in [3.63, 3.8) is 0 Å². The van der Waals surface area contributed by atoms with Crippen LogP contribution in [-0.4, -0.2) is 12.2 Å². The molecule has 0 bridgehead atoms. The average Bonchev–Trinajstić information content (AvgIpc) is 2.69. The van der Waals surface area contributed by atoms with Gasteiger partial charge in [-0.2, -0.15) is 0 Å². The van der Waals surface area contributed by atoms with E-state index in [1.165, 1.54) is 5.56 Å². The largest absolute Gasteiger partial charge is 0.496 e. The fourth-order valence-corrected chi connectivity index (χ4v) is 2.92. The lowest BCUT2D eigenvalue weighted by molar-refractivity contribution is 0.280. The van der Waals surface area contributed by atoms with Gasteiger partial charge in [-0.05, 0) is 28.3 Å². The third kappa shape index (κ3) is 4.27. The molecule has 2 N–H and O–H groups in total. The maximum absolute atomic E-state index is 9.41. The lowest BCUT2D eigenvalue weighted by atomic mass is 10.0. The highest BCUT2D eigenvalue weighted by Crippen LogP contribution is 2.27. The number of nitrogens with one attached hydrogen (secondary N) is 1. The molecular weight excluding hydrogens is 310 g/mol. The Bertz CT molecular complexity index is 815. The molecule has 0 saturated carbocycles. The van der Waals surface area contributed by atoms with E-state index >= 15 is 0 Å². The third-order valence-corrected chi connectivity index (χ3v) is 4.31. The van der Waals surface area contributed by atoms with E-state index in [4.69, 9.17) is 4.74 Å². The van der Waals surface area contributed by atoms with Crippen LogP contribution in [0.15, 0.2) is 72.8 Å². The molecule has 0 aliphatic carbocycles. The van der Waals surface area contributed by atoms with Crippen LogP contribution >= 0.6 is 0 Å². The molecule has 0 saturated heterocycles. The molecule has 25 heavy (non-hydrogen) atoms. The summed E-state index contributed by atoms with van der Waals surface area (Å²) in [5.74, 6) is 0.879. The first kappa shape index (κ1) is 17.2. The second-order valence-electron chi connectivity index (χ2n) is 5.92. The molecule has 3 aromatic carbocycles. The minimum absolute atomic E-state index is 0.0624. The van der Waals surface area contributed by atoms with Crippen LogP contribution in [0.3, 0.4) is 0 Å². The van der Waals surface area contributed by atoms with Crippen LogP contribution in [0.4, 0.5) is 0 Å². The van der Waals surface area contributed by atoms with Crippen molar-refractivity contribution in [3.05, 3.63) is 89.5 Å². The maximum atomic E-state index is 9.41. The molecular formula is C22H23NO2. The van der Waals surface area contributed by atoms with Crippen LogP contribution in [-0.2, 0) is 19.7 Å². The van der Waals surface area contributed by atoms with Gasteiger partial charge in [-0.15, -0.1) is 0 Å². The van der Waals surface area contributed by atoms with Crippen molar-refractivity contribution in [3.8, 4) is 16.9 Å². The third-order valence-electron chi connectivity index (χ3n) is 4.31. The molecule has 0 fully saturated rings. The van der Waals surface area contributed by atoms with Gasteiger partial charge in [0.25, 0.3) is 0 Å². The highest BCUT2D eigenvalue weighted by atomic mass is 16.5. The number of methoxy groups -OCH3 is 1. The number of aliphatic hydroxyl groups excluding tert-OH is 1. The Labute approximate surface area is 148 Å². The zero-order chi connectivity index (χ0) is 17.5. The Kier molecular flexibility index (Phi) is 5.83. The molecule has 0 radical (unpaired) electrons. The van der Waals surface area contributed by atoms with Crippen LogP contribution < -0.4 is 10.1 Å². The first-order chi connectivity index (χ1) is 12.3. The summed E-state index contributed by atoms with van der Waals surface area (Å²) in [6.45, 7) is 1.48. The van der Waals surface area contributed by atoms with Gasteiger partial charge in [0, 0.05) is 18.7 Å². The molecule has 0 aromatic heterocycles. The summed E-state index contributed by atoms with van der Waals surface area (Å²) in [6.07, 6.45) is 0. The summed E-state index contributed by atoms with van der Waals surface area (Å²) >= 11 is 0. The second-order valence-corrected chi connectivity index (χ2v) is 5.92. The molecule has 0 spiro atoms. The summed E-state index contributed by atoms with van der Waals surface area (Å²) in [7, 11) is 1.70. The standard InChI is InChI=1S/C22H23NO2/c1-25-22-13-18(17-7-3-2-4-8-17)11-12-20(22)15-23-14-19-9-5-6-10-21(19)16-24/h2-13,23-24H,14-16H2,1H3. The highest BCUT2D eigenvalue weighted by Gasteiger charge is 2.07. The molecule has 3 nitrogen and oxygen atoms in total. The quantitative estimate of drug-likeness (QED) is 0.683. The van der Waals surface area contributed by atoms with Gasteiger partial charge in [-0.1, -0.05) is 66.7 Å². The van der Waals surface area contributed by atoms with Crippen molar-refractivity contribution < 1.29 is 9.84 Å². The van der Waals surface area contributed by atoms with Crippen LogP contribution in [0.5, 0.6) is 5.75 Å². The highest BCUT2D eigenvalue weighted by molar-refractivity contribution is 5.66. The first-order valence-corrected chi connectivity index (χ1v) is 8.42. The van der Waals surface area contributed by atoms with E-state index < -0.39 is 0 Å². The molecule has 3 aromatic rings. The van der Waals surface area contributed by atoms with Gasteiger partial charge in [0.2, 0.25) is 0 Å². The van der Waals surface area contributed by atoms with E-state index in [-0.39, 0.29) is 6.61 Å². The Balaban J connectivity index is 1.70. The van der Waals surface area contributed by atoms with Crippen molar-refractivity contribution >= 4 is 0 Å². The van der Waals surface area contributed by atoms with Crippen molar-refractivity contribution in [1.82, 2.24) is 5.32 Å². The summed E-state index contributed by atoms with van der Waals surface area (Å²) in [4.78, 5) is 0. The van der Waals surface area contributed by atoms with Crippen LogP contribution in [0.25, 0.3) is 11.1 Å². The molecule has 0 heterocycles. The number of hydrogen-bond acceptors (Lipinski definition) is 3. The summed E-state index contributed by atoms with van der Waals surface area (Å²) in [6, 6.07) is 24.5. The van der Waals surface area contributed by atoms with Crippen LogP contribution in [0.2, 0.25) is 0 Å². The van der Waals surface area contributed by atoms with E-state index in [0.717, 1.165) is 28.0 Å². The number of aliphatic hydroxyl groups is 1. The monoisotopic (exact) mass is 333 g/mol. The van der Waals surface area contributed by atoms with Crippen LogP contribution in [0, 0.1) is 0 Å². The Morgan fingerprint density at radius 2 is 1.44 bits per heavy atom. The number of rotatable bonds is 7. The molecule has 0 aliphatic heterocycles. The average molecular weight is 333 g/mol. The molecule has 128 valence electrons. The fourth-order valence-electron chi connectivity index (χ4n) is 2.92. The molecule has 0 amide bonds. The topological polar surface area (TPSA) is 41.5 Å². The van der Waals surface area contributed by atoms with E-state index in [0.29, 0.717) is 13.1 Å². The zero-order valence-electron chi connectivity index (χ0n) is 14.4. The SMILES string of the molecule is COc1cc(-c2ccccc2)ccc1CNCc1ccccc1CO. The minimum atomic E-state index is 0.0624. The van der Waals surface area contributed by atoms with Crippen molar-refractivity contribution in [1.29, 1.82) is 0 Å². The van der Waals surface area contributed by atoms with Gasteiger partial charge < -0.3 is 15.2 Å². The van der Waals surface area contributed by atoms with E-state index in [1.807, 2.05) is 42.5 Å². The first-order valence-electron chi connectivity index (χ1n) is 8.42. The van der Waals surface area contributed by atoms with Gasteiger partial charge in [0.15, 0.2) is 0 Å². The van der Waals surface area contributed by atoms with Gasteiger partial charge in [0.05, 0.1) is 13.7 Å². The predicted molar refractivity (Wildman–Crippen MR) is 101 cm³/mol. The van der Waals surface area contributed by atoms with Gasteiger partial charge in [-0.3, -0.25) is 0 Å². The lowest BCUT2D eigenvalue weighted by Crippen LogP contribution is -2.14. The number of hydrogen-bond donors (Lipinski definition) is 2. The molecule has 3 rings (SSSR count).